The molecule has 0 aliphatic carbocycles. The zero-order chi connectivity index (χ0) is 12.8. The highest BCUT2D eigenvalue weighted by molar-refractivity contribution is 7.98. The van der Waals surface area contributed by atoms with Crippen LogP contribution in [-0.2, 0) is 4.74 Å². The molecule has 100 valence electrons. The molecule has 1 saturated heterocycles. The first-order chi connectivity index (χ1) is 8.83. The molecule has 1 aromatic heterocycles. The van der Waals surface area contributed by atoms with Crippen LogP contribution in [0.2, 0.25) is 0 Å². The van der Waals surface area contributed by atoms with Gasteiger partial charge < -0.3 is 9.64 Å². The highest BCUT2D eigenvalue weighted by Crippen LogP contribution is 2.22. The van der Waals surface area contributed by atoms with Crippen molar-refractivity contribution in [2.24, 2.45) is 0 Å². The van der Waals surface area contributed by atoms with Gasteiger partial charge in [0, 0.05) is 25.0 Å². The third kappa shape index (κ3) is 3.73. The summed E-state index contributed by atoms with van der Waals surface area (Å²) >= 11 is 7.27. The summed E-state index contributed by atoms with van der Waals surface area (Å²) in [5, 5.41) is 1.01. The van der Waals surface area contributed by atoms with Crippen LogP contribution < -0.4 is 4.90 Å². The summed E-state index contributed by atoms with van der Waals surface area (Å²) in [4.78, 5) is 10.8. The molecular weight excluding hydrogens is 270 g/mol. The van der Waals surface area contributed by atoms with E-state index in [4.69, 9.17) is 16.3 Å². The first kappa shape index (κ1) is 13.9. The number of halogens is 1. The minimum atomic E-state index is 0.349. The van der Waals surface area contributed by atoms with E-state index in [9.17, 15) is 0 Å². The maximum Gasteiger partial charge on any atom is 0.133 e. The summed E-state index contributed by atoms with van der Waals surface area (Å²) in [7, 11) is 0. The average Bonchev–Trinajstić information content (AvgIpc) is 2.46. The van der Waals surface area contributed by atoms with Crippen LogP contribution in [0.25, 0.3) is 0 Å². The second kappa shape index (κ2) is 7.16. The Balaban J connectivity index is 1.88. The predicted molar refractivity (Wildman–Crippen MR) is 75.7 cm³/mol. The van der Waals surface area contributed by atoms with Crippen molar-refractivity contribution in [3.05, 3.63) is 12.4 Å². The molecule has 2 rings (SSSR count). The number of piperidine rings is 1. The van der Waals surface area contributed by atoms with E-state index in [0.29, 0.717) is 18.6 Å². The van der Waals surface area contributed by atoms with Gasteiger partial charge in [-0.25, -0.2) is 9.97 Å². The Morgan fingerprint density at radius 1 is 1.44 bits per heavy atom. The van der Waals surface area contributed by atoms with Gasteiger partial charge in [0.2, 0.25) is 0 Å². The summed E-state index contributed by atoms with van der Waals surface area (Å²) < 4.78 is 5.67. The van der Waals surface area contributed by atoms with Gasteiger partial charge in [0.15, 0.2) is 0 Å². The number of aromatic nitrogens is 2. The Morgan fingerprint density at radius 2 is 2.22 bits per heavy atom. The molecule has 0 unspecified atom stereocenters. The number of hydrogen-bond acceptors (Lipinski definition) is 5. The van der Waals surface area contributed by atoms with Gasteiger partial charge in [0.1, 0.15) is 17.2 Å². The molecule has 0 spiro atoms. The second-order valence-corrected chi connectivity index (χ2v) is 5.37. The Hall–Kier alpha value is -0.520. The lowest BCUT2D eigenvalue weighted by Crippen LogP contribution is -2.37. The molecule has 2 heterocycles. The van der Waals surface area contributed by atoms with Crippen LogP contribution in [0.3, 0.4) is 0 Å². The van der Waals surface area contributed by atoms with Crippen LogP contribution >= 0.6 is 23.4 Å². The van der Waals surface area contributed by atoms with E-state index in [1.54, 1.807) is 18.1 Å². The number of rotatable bonds is 5. The summed E-state index contributed by atoms with van der Waals surface area (Å²) in [6, 6.07) is 2.05. The lowest BCUT2D eigenvalue weighted by atomic mass is 10.1. The van der Waals surface area contributed by atoms with Crippen molar-refractivity contribution in [1.29, 1.82) is 0 Å². The maximum atomic E-state index is 5.67. The fraction of sp³-hybridized carbons (Fsp3) is 0.667. The van der Waals surface area contributed by atoms with Gasteiger partial charge in [-0.2, -0.15) is 0 Å². The van der Waals surface area contributed by atoms with Crippen LogP contribution in [-0.4, -0.2) is 47.9 Å². The molecule has 1 aliphatic rings. The number of anilines is 1. The predicted octanol–water partition coefficient (Wildman–Crippen LogP) is 2.42. The molecule has 18 heavy (non-hydrogen) atoms. The Labute approximate surface area is 117 Å². The van der Waals surface area contributed by atoms with Crippen LogP contribution in [0.1, 0.15) is 12.8 Å². The van der Waals surface area contributed by atoms with E-state index in [-0.39, 0.29) is 0 Å². The Bertz CT molecular complexity index is 372. The van der Waals surface area contributed by atoms with Crippen molar-refractivity contribution in [3.63, 3.8) is 0 Å². The first-order valence-corrected chi connectivity index (χ1v) is 7.88. The summed E-state index contributed by atoms with van der Waals surface area (Å²) in [6.45, 7) is 2.62. The molecule has 0 amide bonds. The minimum Gasteiger partial charge on any atom is -0.377 e. The number of thioether (sulfide) groups is 1. The fourth-order valence-corrected chi connectivity index (χ4v) is 2.54. The summed E-state index contributed by atoms with van der Waals surface area (Å²) in [5.74, 6) is 1.59. The van der Waals surface area contributed by atoms with Crippen molar-refractivity contribution in [2.75, 3.05) is 36.7 Å². The van der Waals surface area contributed by atoms with Gasteiger partial charge in [0.25, 0.3) is 0 Å². The third-order valence-corrected chi connectivity index (χ3v) is 3.83. The maximum absolute atomic E-state index is 5.67. The highest BCUT2D eigenvalue weighted by atomic mass is 35.5. The molecule has 0 atom stereocenters. The lowest BCUT2D eigenvalue weighted by molar-refractivity contribution is 0.0471. The van der Waals surface area contributed by atoms with Crippen LogP contribution in [0, 0.1) is 0 Å². The zero-order valence-electron chi connectivity index (χ0n) is 10.5. The topological polar surface area (TPSA) is 38.2 Å². The van der Waals surface area contributed by atoms with Crippen molar-refractivity contribution >= 4 is 29.2 Å². The summed E-state index contributed by atoms with van der Waals surface area (Å²) in [5.41, 5.74) is 0. The lowest BCUT2D eigenvalue weighted by Gasteiger charge is -2.32. The second-order valence-electron chi connectivity index (χ2n) is 4.16. The highest BCUT2D eigenvalue weighted by Gasteiger charge is 2.20. The zero-order valence-corrected chi connectivity index (χ0v) is 12.1. The number of alkyl halides is 1. The van der Waals surface area contributed by atoms with E-state index < -0.39 is 0 Å². The molecular formula is C12H18ClN3OS. The van der Waals surface area contributed by atoms with E-state index in [2.05, 4.69) is 14.9 Å². The van der Waals surface area contributed by atoms with Crippen molar-refractivity contribution in [3.8, 4) is 0 Å². The van der Waals surface area contributed by atoms with Gasteiger partial charge in [-0.1, -0.05) is 0 Å². The van der Waals surface area contributed by atoms with E-state index >= 15 is 0 Å². The minimum absolute atomic E-state index is 0.349. The number of ether oxygens (including phenoxy) is 1. The number of nitrogens with zero attached hydrogens (tertiary/aromatic N) is 3. The molecule has 0 radical (unpaired) electrons. The van der Waals surface area contributed by atoms with E-state index in [0.717, 1.165) is 36.8 Å². The van der Waals surface area contributed by atoms with Gasteiger partial charge >= 0.3 is 0 Å². The van der Waals surface area contributed by atoms with Gasteiger partial charge in [-0.05, 0) is 19.1 Å². The van der Waals surface area contributed by atoms with Crippen molar-refractivity contribution in [1.82, 2.24) is 9.97 Å². The summed E-state index contributed by atoms with van der Waals surface area (Å²) in [6.07, 6.45) is 6.09. The van der Waals surface area contributed by atoms with Crippen molar-refractivity contribution < 1.29 is 4.74 Å². The quantitative estimate of drug-likeness (QED) is 0.472. The van der Waals surface area contributed by atoms with Crippen molar-refractivity contribution in [2.45, 2.75) is 24.0 Å². The third-order valence-electron chi connectivity index (χ3n) is 3.03. The SMILES string of the molecule is CSc1cc(N2CCC(OCCCl)CC2)ncn1. The molecule has 1 aliphatic heterocycles. The monoisotopic (exact) mass is 287 g/mol. The smallest absolute Gasteiger partial charge is 0.133 e. The molecule has 0 aromatic carbocycles. The molecule has 0 saturated carbocycles. The normalized spacial score (nSPS) is 17.1. The van der Waals surface area contributed by atoms with Crippen LogP contribution in [0.15, 0.2) is 17.4 Å². The van der Waals surface area contributed by atoms with Crippen LogP contribution in [0.4, 0.5) is 5.82 Å². The molecule has 1 aromatic rings. The number of hydrogen-bond donors (Lipinski definition) is 0. The first-order valence-electron chi connectivity index (χ1n) is 6.12. The Morgan fingerprint density at radius 3 is 2.89 bits per heavy atom. The Kier molecular flexibility index (Phi) is 5.53. The molecule has 0 N–H and O–H groups in total. The van der Waals surface area contributed by atoms with Gasteiger partial charge in [0.05, 0.1) is 12.7 Å². The standard InChI is InChI=1S/C12H18ClN3OS/c1-18-12-8-11(14-9-15-12)16-5-2-10(3-6-16)17-7-4-13/h8-10H,2-7H2,1H3. The van der Waals surface area contributed by atoms with Gasteiger partial charge in [-0.3, -0.25) is 0 Å². The van der Waals surface area contributed by atoms with E-state index in [1.165, 1.54) is 0 Å². The molecule has 4 nitrogen and oxygen atoms in total. The van der Waals surface area contributed by atoms with Crippen LogP contribution in [0.5, 0.6) is 0 Å². The molecule has 0 bridgehead atoms. The fourth-order valence-electron chi connectivity index (χ4n) is 2.08. The molecule has 6 heteroatoms. The van der Waals surface area contributed by atoms with Gasteiger partial charge in [-0.15, -0.1) is 23.4 Å². The largest absolute Gasteiger partial charge is 0.377 e. The molecule has 1 fully saturated rings. The average molecular weight is 288 g/mol. The van der Waals surface area contributed by atoms with E-state index in [1.807, 2.05) is 12.3 Å².